The third-order valence-electron chi connectivity index (χ3n) is 2.99. The summed E-state index contributed by atoms with van der Waals surface area (Å²) in [6.07, 6.45) is 1.67. The van der Waals surface area contributed by atoms with Crippen molar-refractivity contribution in [2.75, 3.05) is 0 Å². The molecule has 20 heavy (non-hydrogen) atoms. The minimum absolute atomic E-state index is 0.0296. The number of nitrogens with zero attached hydrogens (tertiary/aromatic N) is 1. The molecule has 0 unspecified atom stereocenters. The van der Waals surface area contributed by atoms with Gasteiger partial charge in [0.05, 0.1) is 0 Å². The van der Waals surface area contributed by atoms with Crippen LogP contribution < -0.4 is 4.74 Å². The Morgan fingerprint density at radius 3 is 2.70 bits per heavy atom. The fourth-order valence-electron chi connectivity index (χ4n) is 1.99. The van der Waals surface area contributed by atoms with Gasteiger partial charge < -0.3 is 4.74 Å². The van der Waals surface area contributed by atoms with Crippen LogP contribution >= 0.6 is 0 Å². The molecule has 0 saturated heterocycles. The quantitative estimate of drug-likeness (QED) is 0.715. The number of fused-ring (bicyclic) bond motifs is 1. The standard InChI is InChI=1S/C16H11F2NO/c17-13-7-6-12(14(18)9-13)10-20-15-5-1-3-11-4-2-8-19-16(11)15/h1-9H,10H2. The van der Waals surface area contributed by atoms with Crippen molar-refractivity contribution in [1.29, 1.82) is 0 Å². The van der Waals surface area contributed by atoms with Gasteiger partial charge in [0, 0.05) is 23.2 Å². The lowest BCUT2D eigenvalue weighted by Crippen LogP contribution is -2.00. The van der Waals surface area contributed by atoms with E-state index >= 15 is 0 Å². The van der Waals surface area contributed by atoms with Crippen molar-refractivity contribution in [3.8, 4) is 5.75 Å². The molecular formula is C16H11F2NO. The molecule has 0 spiro atoms. The van der Waals surface area contributed by atoms with E-state index in [9.17, 15) is 8.78 Å². The molecule has 4 heteroatoms. The summed E-state index contributed by atoms with van der Waals surface area (Å²) in [6.45, 7) is 0.0296. The monoisotopic (exact) mass is 271 g/mol. The van der Waals surface area contributed by atoms with E-state index < -0.39 is 11.6 Å². The van der Waals surface area contributed by atoms with E-state index in [-0.39, 0.29) is 6.61 Å². The lowest BCUT2D eigenvalue weighted by molar-refractivity contribution is 0.302. The molecule has 3 rings (SSSR count). The maximum absolute atomic E-state index is 13.5. The van der Waals surface area contributed by atoms with Crippen molar-refractivity contribution in [2.45, 2.75) is 6.61 Å². The topological polar surface area (TPSA) is 22.1 Å². The molecule has 1 heterocycles. The summed E-state index contributed by atoms with van der Waals surface area (Å²) in [5.74, 6) is -0.636. The van der Waals surface area contributed by atoms with Crippen LogP contribution in [-0.2, 0) is 6.61 Å². The van der Waals surface area contributed by atoms with Gasteiger partial charge in [0.1, 0.15) is 29.5 Å². The van der Waals surface area contributed by atoms with Gasteiger partial charge in [0.15, 0.2) is 0 Å². The van der Waals surface area contributed by atoms with Crippen LogP contribution in [0.25, 0.3) is 10.9 Å². The number of hydrogen-bond donors (Lipinski definition) is 0. The zero-order chi connectivity index (χ0) is 13.9. The summed E-state index contributed by atoms with van der Waals surface area (Å²) in [7, 11) is 0. The molecule has 0 aliphatic carbocycles. The highest BCUT2D eigenvalue weighted by Crippen LogP contribution is 2.24. The van der Waals surface area contributed by atoms with Crippen LogP contribution in [0, 0.1) is 11.6 Å². The summed E-state index contributed by atoms with van der Waals surface area (Å²) >= 11 is 0. The Morgan fingerprint density at radius 1 is 1.00 bits per heavy atom. The normalized spacial score (nSPS) is 10.7. The van der Waals surface area contributed by atoms with Crippen LogP contribution in [-0.4, -0.2) is 4.98 Å². The molecule has 2 aromatic carbocycles. The van der Waals surface area contributed by atoms with Gasteiger partial charge in [-0.1, -0.05) is 18.2 Å². The molecule has 0 amide bonds. The summed E-state index contributed by atoms with van der Waals surface area (Å²) in [5.41, 5.74) is 1.02. The van der Waals surface area contributed by atoms with Crippen molar-refractivity contribution >= 4 is 10.9 Å². The second kappa shape index (κ2) is 5.25. The lowest BCUT2D eigenvalue weighted by Gasteiger charge is -2.09. The van der Waals surface area contributed by atoms with Crippen LogP contribution in [0.2, 0.25) is 0 Å². The maximum atomic E-state index is 13.5. The largest absolute Gasteiger partial charge is 0.487 e. The molecule has 0 aliphatic heterocycles. The minimum Gasteiger partial charge on any atom is -0.487 e. The van der Waals surface area contributed by atoms with Crippen LogP contribution in [0.15, 0.2) is 54.7 Å². The molecule has 0 atom stereocenters. The smallest absolute Gasteiger partial charge is 0.146 e. The summed E-state index contributed by atoms with van der Waals surface area (Å²) < 4.78 is 32.0. The fourth-order valence-corrected chi connectivity index (χ4v) is 1.99. The van der Waals surface area contributed by atoms with E-state index in [4.69, 9.17) is 4.74 Å². The molecule has 0 radical (unpaired) electrons. The van der Waals surface area contributed by atoms with Gasteiger partial charge in [-0.15, -0.1) is 0 Å². The van der Waals surface area contributed by atoms with E-state index in [0.717, 1.165) is 17.0 Å². The number of halogens is 2. The Morgan fingerprint density at radius 2 is 1.85 bits per heavy atom. The Labute approximate surface area is 114 Å². The fraction of sp³-hybridized carbons (Fsp3) is 0.0625. The van der Waals surface area contributed by atoms with Crippen LogP contribution in [0.3, 0.4) is 0 Å². The molecular weight excluding hydrogens is 260 g/mol. The Bertz CT molecular complexity index is 753. The highest BCUT2D eigenvalue weighted by Gasteiger charge is 2.07. The molecule has 100 valence electrons. The van der Waals surface area contributed by atoms with Crippen LogP contribution in [0.4, 0.5) is 8.78 Å². The zero-order valence-corrected chi connectivity index (χ0v) is 10.5. The van der Waals surface area contributed by atoms with Crippen molar-refractivity contribution in [3.05, 3.63) is 71.9 Å². The minimum atomic E-state index is -0.613. The maximum Gasteiger partial charge on any atom is 0.146 e. The van der Waals surface area contributed by atoms with Crippen molar-refractivity contribution < 1.29 is 13.5 Å². The second-order valence-corrected chi connectivity index (χ2v) is 4.36. The summed E-state index contributed by atoms with van der Waals surface area (Å²) in [6, 6.07) is 12.7. The molecule has 0 aliphatic rings. The molecule has 0 fully saturated rings. The molecule has 2 nitrogen and oxygen atoms in total. The van der Waals surface area contributed by atoms with Crippen molar-refractivity contribution in [3.63, 3.8) is 0 Å². The highest BCUT2D eigenvalue weighted by molar-refractivity contribution is 5.84. The lowest BCUT2D eigenvalue weighted by atomic mass is 10.2. The average Bonchev–Trinajstić information content (AvgIpc) is 2.46. The SMILES string of the molecule is Fc1ccc(COc2cccc3cccnc23)c(F)c1. The third kappa shape index (κ3) is 2.45. The third-order valence-corrected chi connectivity index (χ3v) is 2.99. The van der Waals surface area contributed by atoms with E-state index in [1.807, 2.05) is 24.3 Å². The van der Waals surface area contributed by atoms with E-state index in [1.54, 1.807) is 12.3 Å². The molecule has 1 aromatic heterocycles. The average molecular weight is 271 g/mol. The number of pyridine rings is 1. The Balaban J connectivity index is 1.87. The number of benzene rings is 2. The van der Waals surface area contributed by atoms with Gasteiger partial charge in [-0.05, 0) is 24.3 Å². The van der Waals surface area contributed by atoms with E-state index in [2.05, 4.69) is 4.98 Å². The van der Waals surface area contributed by atoms with Crippen LogP contribution in [0.5, 0.6) is 5.75 Å². The first-order valence-electron chi connectivity index (χ1n) is 6.14. The van der Waals surface area contributed by atoms with Crippen LogP contribution in [0.1, 0.15) is 5.56 Å². The van der Waals surface area contributed by atoms with Crippen molar-refractivity contribution in [1.82, 2.24) is 4.98 Å². The second-order valence-electron chi connectivity index (χ2n) is 4.36. The summed E-state index contributed by atoms with van der Waals surface area (Å²) in [5, 5.41) is 0.949. The molecule has 0 N–H and O–H groups in total. The Kier molecular flexibility index (Phi) is 3.29. The van der Waals surface area contributed by atoms with E-state index in [0.29, 0.717) is 11.3 Å². The predicted molar refractivity (Wildman–Crippen MR) is 72.4 cm³/mol. The van der Waals surface area contributed by atoms with Gasteiger partial charge in [-0.3, -0.25) is 4.98 Å². The van der Waals surface area contributed by atoms with Gasteiger partial charge in [0.2, 0.25) is 0 Å². The first kappa shape index (κ1) is 12.5. The molecule has 0 saturated carbocycles. The van der Waals surface area contributed by atoms with Gasteiger partial charge in [-0.2, -0.15) is 0 Å². The number of para-hydroxylation sites is 1. The van der Waals surface area contributed by atoms with Gasteiger partial charge in [0.25, 0.3) is 0 Å². The molecule has 0 bridgehead atoms. The highest BCUT2D eigenvalue weighted by atomic mass is 19.1. The number of aromatic nitrogens is 1. The zero-order valence-electron chi connectivity index (χ0n) is 10.5. The number of hydrogen-bond acceptors (Lipinski definition) is 2. The summed E-state index contributed by atoms with van der Waals surface area (Å²) in [4.78, 5) is 4.25. The van der Waals surface area contributed by atoms with Crippen molar-refractivity contribution in [2.24, 2.45) is 0 Å². The number of ether oxygens (including phenoxy) is 1. The number of rotatable bonds is 3. The first-order chi connectivity index (χ1) is 9.74. The first-order valence-corrected chi connectivity index (χ1v) is 6.14. The van der Waals surface area contributed by atoms with E-state index in [1.165, 1.54) is 12.1 Å². The Hall–Kier alpha value is -2.49. The molecule has 3 aromatic rings. The van der Waals surface area contributed by atoms with Gasteiger partial charge in [-0.25, -0.2) is 8.78 Å². The van der Waals surface area contributed by atoms with Gasteiger partial charge >= 0.3 is 0 Å². The predicted octanol–water partition coefficient (Wildman–Crippen LogP) is 4.09.